The highest BCUT2D eigenvalue weighted by molar-refractivity contribution is 7.13. The molecule has 2 aromatic heterocycles. The number of hydrogen-bond donors (Lipinski definition) is 1. The van der Waals surface area contributed by atoms with Gasteiger partial charge >= 0.3 is 5.97 Å². The third kappa shape index (κ3) is 5.16. The quantitative estimate of drug-likeness (QED) is 0.299. The van der Waals surface area contributed by atoms with E-state index in [0.29, 0.717) is 41.9 Å². The van der Waals surface area contributed by atoms with Crippen LogP contribution in [0.25, 0.3) is 10.8 Å². The molecule has 1 aliphatic rings. The molecule has 1 aliphatic heterocycles. The van der Waals surface area contributed by atoms with E-state index in [2.05, 4.69) is 4.98 Å². The highest BCUT2D eigenvalue weighted by Crippen LogP contribution is 2.36. The molecule has 8 nitrogen and oxygen atoms in total. The minimum Gasteiger partial charge on any atom is -0.493 e. The van der Waals surface area contributed by atoms with Gasteiger partial charge in [-0.2, -0.15) is 0 Å². The van der Waals surface area contributed by atoms with E-state index in [4.69, 9.17) is 23.4 Å². The molecule has 0 fully saturated rings. The maximum Gasteiger partial charge on any atom is 0.348 e. The molecule has 36 heavy (non-hydrogen) atoms. The van der Waals surface area contributed by atoms with Crippen LogP contribution in [0.2, 0.25) is 0 Å². The lowest BCUT2D eigenvalue weighted by atomic mass is 9.96. The van der Waals surface area contributed by atoms with Gasteiger partial charge in [0.05, 0.1) is 17.2 Å². The number of carbonyl (C=O) groups is 1. The molecule has 186 valence electrons. The summed E-state index contributed by atoms with van der Waals surface area (Å²) in [5.74, 6) is 2.58. The van der Waals surface area contributed by atoms with Crippen LogP contribution >= 0.6 is 11.3 Å². The Balaban J connectivity index is 1.18. The first-order valence-electron chi connectivity index (χ1n) is 11.4. The summed E-state index contributed by atoms with van der Waals surface area (Å²) in [5.41, 5.74) is 0.203. The Morgan fingerprint density at radius 1 is 1.11 bits per heavy atom. The average Bonchev–Trinajstić information content (AvgIpc) is 3.61. The summed E-state index contributed by atoms with van der Waals surface area (Å²) in [6, 6.07) is 16.3. The number of thiophene rings is 1. The Labute approximate surface area is 212 Å². The van der Waals surface area contributed by atoms with Gasteiger partial charge in [0, 0.05) is 18.9 Å². The zero-order chi connectivity index (χ0) is 25.1. The van der Waals surface area contributed by atoms with E-state index >= 15 is 0 Å². The Morgan fingerprint density at radius 2 is 1.89 bits per heavy atom. The summed E-state index contributed by atoms with van der Waals surface area (Å²) in [5, 5.41) is 11.9. The number of carboxylic acids is 1. The number of rotatable bonds is 10. The minimum atomic E-state index is -1.47. The van der Waals surface area contributed by atoms with E-state index < -0.39 is 11.6 Å². The molecule has 0 bridgehead atoms. The van der Waals surface area contributed by atoms with Gasteiger partial charge in [-0.05, 0) is 55.1 Å². The molecule has 0 spiro atoms. The van der Waals surface area contributed by atoms with Gasteiger partial charge in [-0.1, -0.05) is 18.2 Å². The first kappa shape index (κ1) is 23.7. The van der Waals surface area contributed by atoms with Crippen LogP contribution < -0.4 is 18.9 Å². The Hall–Kier alpha value is -3.98. The summed E-state index contributed by atoms with van der Waals surface area (Å²) in [6.07, 6.45) is 0.781. The van der Waals surface area contributed by atoms with Gasteiger partial charge < -0.3 is 28.5 Å². The number of ether oxygens (including phenoxy) is 4. The van der Waals surface area contributed by atoms with Gasteiger partial charge in [0.2, 0.25) is 18.3 Å². The second kappa shape index (κ2) is 9.94. The molecule has 0 aliphatic carbocycles. The lowest BCUT2D eigenvalue weighted by Crippen LogP contribution is -2.43. The van der Waals surface area contributed by atoms with Crippen molar-refractivity contribution in [1.29, 1.82) is 0 Å². The van der Waals surface area contributed by atoms with Gasteiger partial charge in [-0.15, -0.1) is 11.3 Å². The Kier molecular flexibility index (Phi) is 6.56. The smallest absolute Gasteiger partial charge is 0.348 e. The molecule has 0 saturated carbocycles. The van der Waals surface area contributed by atoms with Crippen molar-refractivity contribution < 1.29 is 33.3 Å². The first-order valence-corrected chi connectivity index (χ1v) is 12.3. The summed E-state index contributed by atoms with van der Waals surface area (Å²) in [6.45, 7) is 4.03. The summed E-state index contributed by atoms with van der Waals surface area (Å²) < 4.78 is 28.2. The molecule has 1 atom stereocenters. The number of carboxylic acid groups (broad SMARTS) is 1. The standard InChI is InChI=1S/C27H25NO7S/c1-17-21(28-25(34-17)24-4-3-13-36-24)11-12-31-19-7-5-18(6-8-19)15-27(2,26(29)30)35-20-9-10-22-23(14-20)33-16-32-22/h3-10,13-14H,11-12,15-16H2,1-2H3,(H,29,30). The van der Waals surface area contributed by atoms with Crippen molar-refractivity contribution in [2.75, 3.05) is 13.4 Å². The van der Waals surface area contributed by atoms with Gasteiger partial charge in [0.1, 0.15) is 17.3 Å². The third-order valence-electron chi connectivity index (χ3n) is 5.84. The monoisotopic (exact) mass is 507 g/mol. The molecule has 0 amide bonds. The van der Waals surface area contributed by atoms with Crippen LogP contribution in [0.3, 0.4) is 0 Å². The van der Waals surface area contributed by atoms with Crippen LogP contribution in [0.1, 0.15) is 23.9 Å². The zero-order valence-electron chi connectivity index (χ0n) is 19.9. The largest absolute Gasteiger partial charge is 0.493 e. The topological polar surface area (TPSA) is 100 Å². The molecule has 0 radical (unpaired) electrons. The number of nitrogens with zero attached hydrogens (tertiary/aromatic N) is 1. The SMILES string of the molecule is Cc1oc(-c2cccs2)nc1CCOc1ccc(CC(C)(Oc2ccc3c(c2)OCO3)C(=O)O)cc1. The number of benzene rings is 2. The third-order valence-corrected chi connectivity index (χ3v) is 6.69. The number of aromatic nitrogens is 1. The number of aliphatic carboxylic acids is 1. The molecular weight excluding hydrogens is 482 g/mol. The predicted molar refractivity (Wildman–Crippen MR) is 133 cm³/mol. The lowest BCUT2D eigenvalue weighted by Gasteiger charge is -2.26. The molecule has 1 N–H and O–H groups in total. The normalized spacial score (nSPS) is 13.8. The van der Waals surface area contributed by atoms with Gasteiger partial charge in [0.15, 0.2) is 11.5 Å². The van der Waals surface area contributed by atoms with Crippen molar-refractivity contribution in [3.63, 3.8) is 0 Å². The van der Waals surface area contributed by atoms with Crippen LogP contribution in [0, 0.1) is 6.92 Å². The molecule has 3 heterocycles. The maximum absolute atomic E-state index is 12.1. The molecule has 2 aromatic carbocycles. The maximum atomic E-state index is 12.1. The molecule has 1 unspecified atom stereocenters. The molecule has 5 rings (SSSR count). The number of oxazole rings is 1. The molecule has 0 saturated heterocycles. The van der Waals surface area contributed by atoms with Crippen molar-refractivity contribution in [2.24, 2.45) is 0 Å². The molecule has 9 heteroatoms. The lowest BCUT2D eigenvalue weighted by molar-refractivity contribution is -0.153. The van der Waals surface area contributed by atoms with Crippen LogP contribution in [0.15, 0.2) is 64.4 Å². The highest BCUT2D eigenvalue weighted by Gasteiger charge is 2.36. The van der Waals surface area contributed by atoms with Crippen molar-refractivity contribution in [2.45, 2.75) is 32.3 Å². The van der Waals surface area contributed by atoms with Crippen molar-refractivity contribution >= 4 is 17.3 Å². The Bertz CT molecular complexity index is 1350. The number of aryl methyl sites for hydroxylation is 1. The van der Waals surface area contributed by atoms with E-state index in [0.717, 1.165) is 21.9 Å². The van der Waals surface area contributed by atoms with E-state index in [1.165, 1.54) is 0 Å². The Morgan fingerprint density at radius 3 is 2.64 bits per heavy atom. The van der Waals surface area contributed by atoms with Crippen molar-refractivity contribution in [3.8, 4) is 33.8 Å². The van der Waals surface area contributed by atoms with Gasteiger partial charge in [-0.25, -0.2) is 9.78 Å². The van der Waals surface area contributed by atoms with Crippen LogP contribution in [-0.4, -0.2) is 35.1 Å². The number of hydrogen-bond acceptors (Lipinski definition) is 8. The minimum absolute atomic E-state index is 0.137. The second-order valence-electron chi connectivity index (χ2n) is 8.57. The van der Waals surface area contributed by atoms with Gasteiger partial charge in [-0.3, -0.25) is 0 Å². The average molecular weight is 508 g/mol. The number of fused-ring (bicyclic) bond motifs is 1. The first-order chi connectivity index (χ1) is 17.4. The predicted octanol–water partition coefficient (Wildman–Crippen LogP) is 5.53. The second-order valence-corrected chi connectivity index (χ2v) is 9.52. The zero-order valence-corrected chi connectivity index (χ0v) is 20.7. The fourth-order valence-corrected chi connectivity index (χ4v) is 4.53. The van der Waals surface area contributed by atoms with Crippen LogP contribution in [-0.2, 0) is 17.6 Å². The van der Waals surface area contributed by atoms with E-state index in [9.17, 15) is 9.90 Å². The summed E-state index contributed by atoms with van der Waals surface area (Å²) >= 11 is 1.59. The highest BCUT2D eigenvalue weighted by atomic mass is 32.1. The fourth-order valence-electron chi connectivity index (χ4n) is 3.88. The summed E-state index contributed by atoms with van der Waals surface area (Å²) in [7, 11) is 0. The molecular formula is C27H25NO7S. The van der Waals surface area contributed by atoms with Gasteiger partial charge in [0.25, 0.3) is 0 Å². The van der Waals surface area contributed by atoms with E-state index in [1.54, 1.807) is 36.5 Å². The van der Waals surface area contributed by atoms with Crippen molar-refractivity contribution in [1.82, 2.24) is 4.98 Å². The molecule has 4 aromatic rings. The van der Waals surface area contributed by atoms with Crippen LogP contribution in [0.5, 0.6) is 23.0 Å². The van der Waals surface area contributed by atoms with E-state index in [-0.39, 0.29) is 13.2 Å². The van der Waals surface area contributed by atoms with Crippen molar-refractivity contribution in [3.05, 3.63) is 77.0 Å². The van der Waals surface area contributed by atoms with E-state index in [1.807, 2.05) is 48.7 Å². The summed E-state index contributed by atoms with van der Waals surface area (Å²) in [4.78, 5) is 17.7. The fraction of sp³-hybridized carbons (Fsp3) is 0.259. The van der Waals surface area contributed by atoms with Crippen LogP contribution in [0.4, 0.5) is 0 Å².